The van der Waals surface area contributed by atoms with Crippen LogP contribution in [0.1, 0.15) is 25.4 Å². The van der Waals surface area contributed by atoms with Gasteiger partial charge in [-0.15, -0.1) is 0 Å². The third-order valence-corrected chi connectivity index (χ3v) is 3.66. The number of aryl methyl sites for hydroxylation is 1. The summed E-state index contributed by atoms with van der Waals surface area (Å²) in [7, 11) is 1.94. The Morgan fingerprint density at radius 2 is 2.00 bits per heavy atom. The lowest BCUT2D eigenvalue weighted by atomic mass is 9.93. The van der Waals surface area contributed by atoms with E-state index in [1.54, 1.807) is 0 Å². The smallest absolute Gasteiger partial charge is 0.245 e. The molecule has 1 aromatic rings. The van der Waals surface area contributed by atoms with Crippen LogP contribution in [-0.2, 0) is 6.54 Å². The highest BCUT2D eigenvalue weighted by Gasteiger charge is 2.27. The van der Waals surface area contributed by atoms with Gasteiger partial charge < -0.3 is 15.1 Å². The van der Waals surface area contributed by atoms with Gasteiger partial charge in [0.25, 0.3) is 0 Å². The number of rotatable bonds is 2. The summed E-state index contributed by atoms with van der Waals surface area (Å²) in [6, 6.07) is 3.89. The van der Waals surface area contributed by atoms with Crippen molar-refractivity contribution in [3.8, 4) is 0 Å². The normalized spacial score (nSPS) is 23.1. The fourth-order valence-corrected chi connectivity index (χ4v) is 2.26. The zero-order valence-corrected chi connectivity index (χ0v) is 12.3. The highest BCUT2D eigenvalue weighted by atomic mass is 16.3. The molecule has 3 N–H and O–H groups in total. The lowest BCUT2D eigenvalue weighted by molar-refractivity contribution is 0.381. The average Bonchev–Trinajstić information content (AvgIpc) is 2.75. The van der Waals surface area contributed by atoms with Crippen molar-refractivity contribution in [3.05, 3.63) is 23.7 Å². The molecular weight excluding hydrogens is 254 g/mol. The summed E-state index contributed by atoms with van der Waals surface area (Å²) in [5, 5.41) is 7.74. The summed E-state index contributed by atoms with van der Waals surface area (Å²) >= 11 is 0. The van der Waals surface area contributed by atoms with Gasteiger partial charge in [-0.3, -0.25) is 5.41 Å². The van der Waals surface area contributed by atoms with Crippen LogP contribution in [-0.4, -0.2) is 29.6 Å². The van der Waals surface area contributed by atoms with Crippen LogP contribution in [0.15, 0.2) is 26.5 Å². The fraction of sp³-hybridized carbons (Fsp3) is 0.500. The second-order valence-electron chi connectivity index (χ2n) is 5.28. The molecule has 0 saturated carbocycles. The minimum Gasteiger partial charge on any atom is -0.464 e. The molecule has 2 rings (SSSR count). The Balaban J connectivity index is 2.20. The SMILES string of the molecule is Cc1ccc(CN(C)C2=NC(=N)N=C(N)C(C)C2C)o1. The van der Waals surface area contributed by atoms with Crippen LogP contribution in [0.2, 0.25) is 0 Å². The first-order valence-corrected chi connectivity index (χ1v) is 6.66. The van der Waals surface area contributed by atoms with Gasteiger partial charge in [-0.25, -0.2) is 0 Å². The quantitative estimate of drug-likeness (QED) is 0.864. The van der Waals surface area contributed by atoms with Crippen molar-refractivity contribution in [2.24, 2.45) is 27.6 Å². The molecule has 1 aliphatic rings. The van der Waals surface area contributed by atoms with Crippen molar-refractivity contribution < 1.29 is 4.42 Å². The molecule has 0 aliphatic carbocycles. The Hall–Kier alpha value is -2.11. The lowest BCUT2D eigenvalue weighted by Crippen LogP contribution is -2.37. The number of nitrogens with one attached hydrogen (secondary N) is 1. The maximum absolute atomic E-state index is 7.74. The lowest BCUT2D eigenvalue weighted by Gasteiger charge is -2.26. The third-order valence-electron chi connectivity index (χ3n) is 3.66. The first-order valence-electron chi connectivity index (χ1n) is 6.66. The van der Waals surface area contributed by atoms with Crippen molar-refractivity contribution in [2.45, 2.75) is 27.3 Å². The Bertz CT molecular complexity index is 572. The zero-order valence-electron chi connectivity index (χ0n) is 12.3. The van der Waals surface area contributed by atoms with E-state index in [1.807, 2.05) is 44.9 Å². The molecule has 0 amide bonds. The van der Waals surface area contributed by atoms with E-state index in [1.165, 1.54) is 0 Å². The average molecular weight is 275 g/mol. The van der Waals surface area contributed by atoms with Crippen LogP contribution in [0.3, 0.4) is 0 Å². The second-order valence-corrected chi connectivity index (χ2v) is 5.28. The molecule has 6 heteroatoms. The Morgan fingerprint density at radius 1 is 1.30 bits per heavy atom. The van der Waals surface area contributed by atoms with Crippen molar-refractivity contribution in [2.75, 3.05) is 7.05 Å². The second kappa shape index (κ2) is 5.48. The van der Waals surface area contributed by atoms with Gasteiger partial charge in [-0.1, -0.05) is 13.8 Å². The maximum atomic E-state index is 7.74. The van der Waals surface area contributed by atoms with Crippen molar-refractivity contribution in [1.29, 1.82) is 5.41 Å². The van der Waals surface area contributed by atoms with Crippen LogP contribution >= 0.6 is 0 Å². The van der Waals surface area contributed by atoms with Gasteiger partial charge in [-0.2, -0.15) is 9.98 Å². The Kier molecular flexibility index (Phi) is 3.92. The molecule has 20 heavy (non-hydrogen) atoms. The topological polar surface area (TPSA) is 91.0 Å². The van der Waals surface area contributed by atoms with Gasteiger partial charge in [0, 0.05) is 18.9 Å². The summed E-state index contributed by atoms with van der Waals surface area (Å²) in [4.78, 5) is 10.3. The van der Waals surface area contributed by atoms with Crippen LogP contribution in [0.4, 0.5) is 0 Å². The molecule has 0 spiro atoms. The number of furan rings is 1. The molecule has 0 radical (unpaired) electrons. The number of hydrogen-bond donors (Lipinski definition) is 2. The van der Waals surface area contributed by atoms with Crippen LogP contribution in [0.5, 0.6) is 0 Å². The fourth-order valence-electron chi connectivity index (χ4n) is 2.26. The number of nitrogens with two attached hydrogens (primary N) is 1. The molecular formula is C14H21N5O. The number of hydrogen-bond acceptors (Lipinski definition) is 4. The van der Waals surface area contributed by atoms with E-state index in [-0.39, 0.29) is 17.8 Å². The Morgan fingerprint density at radius 3 is 2.60 bits per heavy atom. The third kappa shape index (κ3) is 2.89. The molecule has 0 aromatic carbocycles. The van der Waals surface area contributed by atoms with E-state index in [0.717, 1.165) is 17.4 Å². The summed E-state index contributed by atoms with van der Waals surface area (Å²) < 4.78 is 5.58. The summed E-state index contributed by atoms with van der Waals surface area (Å²) in [6.45, 7) is 6.58. The predicted octanol–water partition coefficient (Wildman–Crippen LogP) is 2.00. The molecule has 2 atom stereocenters. The summed E-state index contributed by atoms with van der Waals surface area (Å²) in [6.07, 6.45) is 0. The molecule has 6 nitrogen and oxygen atoms in total. The van der Waals surface area contributed by atoms with E-state index >= 15 is 0 Å². The first kappa shape index (κ1) is 14.3. The first-order chi connectivity index (χ1) is 9.38. The number of nitrogens with zero attached hydrogens (tertiary/aromatic N) is 3. The molecule has 1 aliphatic heterocycles. The zero-order chi connectivity index (χ0) is 14.9. The molecule has 1 aromatic heterocycles. The minimum atomic E-state index is -0.0452. The van der Waals surface area contributed by atoms with E-state index < -0.39 is 0 Å². The van der Waals surface area contributed by atoms with E-state index in [4.69, 9.17) is 15.6 Å². The summed E-state index contributed by atoms with van der Waals surface area (Å²) in [5.41, 5.74) is 5.88. The molecule has 108 valence electrons. The number of amidine groups is 2. The predicted molar refractivity (Wildman–Crippen MR) is 80.0 cm³/mol. The van der Waals surface area contributed by atoms with Gasteiger partial charge in [-0.05, 0) is 19.1 Å². The van der Waals surface area contributed by atoms with Gasteiger partial charge in [0.05, 0.1) is 6.54 Å². The van der Waals surface area contributed by atoms with Gasteiger partial charge in [0.15, 0.2) is 0 Å². The molecule has 0 bridgehead atoms. The van der Waals surface area contributed by atoms with E-state index in [0.29, 0.717) is 12.4 Å². The number of aliphatic imine (C=N–C) groups is 2. The van der Waals surface area contributed by atoms with Gasteiger partial charge in [0.1, 0.15) is 23.2 Å². The van der Waals surface area contributed by atoms with Crippen LogP contribution in [0.25, 0.3) is 0 Å². The van der Waals surface area contributed by atoms with Crippen LogP contribution < -0.4 is 5.73 Å². The maximum Gasteiger partial charge on any atom is 0.245 e. The molecule has 0 saturated heterocycles. The highest BCUT2D eigenvalue weighted by Crippen LogP contribution is 2.20. The molecule has 2 unspecified atom stereocenters. The van der Waals surface area contributed by atoms with Gasteiger partial charge in [0.2, 0.25) is 5.96 Å². The monoisotopic (exact) mass is 275 g/mol. The van der Waals surface area contributed by atoms with Gasteiger partial charge >= 0.3 is 0 Å². The largest absolute Gasteiger partial charge is 0.464 e. The standard InChI is InChI=1S/C14H21N5O/c1-8-5-6-11(20-8)7-19(4)13-10(3)9(2)12(15)17-14(16)18-13/h5-6,9-10H,7H2,1-4H3,(H3,15,16,17). The number of guanidine groups is 1. The molecule has 0 fully saturated rings. The van der Waals surface area contributed by atoms with E-state index in [9.17, 15) is 0 Å². The molecule has 2 heterocycles. The Labute approximate surface area is 118 Å². The van der Waals surface area contributed by atoms with Crippen LogP contribution in [0, 0.1) is 24.2 Å². The highest BCUT2D eigenvalue weighted by molar-refractivity contribution is 6.06. The summed E-state index contributed by atoms with van der Waals surface area (Å²) in [5.74, 6) is 3.13. The minimum absolute atomic E-state index is 0.0452. The van der Waals surface area contributed by atoms with Crippen molar-refractivity contribution >= 4 is 17.6 Å². The van der Waals surface area contributed by atoms with Crippen molar-refractivity contribution in [1.82, 2.24) is 4.90 Å². The van der Waals surface area contributed by atoms with E-state index in [2.05, 4.69) is 9.98 Å². The van der Waals surface area contributed by atoms with Crippen molar-refractivity contribution in [3.63, 3.8) is 0 Å².